The van der Waals surface area contributed by atoms with Gasteiger partial charge in [-0.25, -0.2) is 0 Å². The van der Waals surface area contributed by atoms with Crippen molar-refractivity contribution in [3.05, 3.63) is 12.7 Å². The normalized spacial score (nSPS) is 23.5. The molecule has 1 aliphatic rings. The first-order valence-corrected chi connectivity index (χ1v) is 5.27. The van der Waals surface area contributed by atoms with Crippen molar-refractivity contribution >= 4 is 5.78 Å². The van der Waals surface area contributed by atoms with E-state index in [4.69, 9.17) is 0 Å². The minimum Gasteiger partial charge on any atom is -0.298 e. The summed E-state index contributed by atoms with van der Waals surface area (Å²) >= 11 is 0. The van der Waals surface area contributed by atoms with E-state index in [0.717, 1.165) is 12.8 Å². The molecule has 1 nitrogen and oxygen atoms in total. The quantitative estimate of drug-likeness (QED) is 0.609. The van der Waals surface area contributed by atoms with E-state index >= 15 is 0 Å². The van der Waals surface area contributed by atoms with Gasteiger partial charge in [-0.15, -0.1) is 6.58 Å². The largest absolute Gasteiger partial charge is 0.298 e. The van der Waals surface area contributed by atoms with Crippen molar-refractivity contribution in [2.75, 3.05) is 0 Å². The van der Waals surface area contributed by atoms with Crippen molar-refractivity contribution in [3.8, 4) is 0 Å². The van der Waals surface area contributed by atoms with Gasteiger partial charge in [0.1, 0.15) is 5.78 Å². The smallest absolute Gasteiger partial charge is 0.145 e. The topological polar surface area (TPSA) is 17.1 Å². The Hall–Kier alpha value is -0.590. The Balaban J connectivity index is 2.66. The van der Waals surface area contributed by atoms with E-state index in [9.17, 15) is 4.79 Å². The SMILES string of the molecule is C=CC(C)C(=O)C1(C)CCCCC1. The molecule has 1 heteroatoms. The van der Waals surface area contributed by atoms with E-state index in [2.05, 4.69) is 13.5 Å². The Morgan fingerprint density at radius 1 is 1.38 bits per heavy atom. The number of Topliss-reactive ketones (excluding diaryl/α,β-unsaturated/α-hetero) is 1. The molecule has 0 saturated heterocycles. The molecule has 0 spiro atoms. The lowest BCUT2D eigenvalue weighted by Gasteiger charge is -2.33. The van der Waals surface area contributed by atoms with Crippen molar-refractivity contribution in [1.82, 2.24) is 0 Å². The van der Waals surface area contributed by atoms with Gasteiger partial charge in [0.05, 0.1) is 0 Å². The van der Waals surface area contributed by atoms with Gasteiger partial charge in [-0.05, 0) is 12.8 Å². The Kier molecular flexibility index (Phi) is 3.29. The standard InChI is InChI=1S/C12H20O/c1-4-10(2)11(13)12(3)8-6-5-7-9-12/h4,10H,1,5-9H2,2-3H3. The number of hydrogen-bond donors (Lipinski definition) is 0. The molecule has 74 valence electrons. The molecule has 0 bridgehead atoms. The number of ketones is 1. The Morgan fingerprint density at radius 2 is 1.92 bits per heavy atom. The second kappa shape index (κ2) is 4.08. The van der Waals surface area contributed by atoms with Crippen LogP contribution in [0.15, 0.2) is 12.7 Å². The molecule has 1 fully saturated rings. The number of rotatable bonds is 3. The van der Waals surface area contributed by atoms with Gasteiger partial charge in [-0.1, -0.05) is 39.2 Å². The highest BCUT2D eigenvalue weighted by Gasteiger charge is 2.35. The van der Waals surface area contributed by atoms with Crippen LogP contribution >= 0.6 is 0 Å². The maximum atomic E-state index is 12.0. The lowest BCUT2D eigenvalue weighted by atomic mass is 9.70. The van der Waals surface area contributed by atoms with Crippen molar-refractivity contribution in [1.29, 1.82) is 0 Å². The van der Waals surface area contributed by atoms with Gasteiger partial charge in [-0.3, -0.25) is 4.79 Å². The predicted molar refractivity (Wildman–Crippen MR) is 55.6 cm³/mol. The first-order valence-electron chi connectivity index (χ1n) is 5.27. The van der Waals surface area contributed by atoms with Crippen LogP contribution in [0.25, 0.3) is 0 Å². The predicted octanol–water partition coefficient (Wildman–Crippen LogP) is 3.35. The number of carbonyl (C=O) groups excluding carboxylic acids is 1. The van der Waals surface area contributed by atoms with Crippen LogP contribution in [-0.2, 0) is 4.79 Å². The van der Waals surface area contributed by atoms with Gasteiger partial charge >= 0.3 is 0 Å². The van der Waals surface area contributed by atoms with Crippen LogP contribution in [0.2, 0.25) is 0 Å². The molecule has 1 saturated carbocycles. The van der Waals surface area contributed by atoms with Crippen molar-refractivity contribution in [3.63, 3.8) is 0 Å². The van der Waals surface area contributed by atoms with Gasteiger partial charge in [-0.2, -0.15) is 0 Å². The molecule has 0 aliphatic heterocycles. The highest BCUT2D eigenvalue weighted by atomic mass is 16.1. The van der Waals surface area contributed by atoms with E-state index in [1.807, 2.05) is 6.92 Å². The Morgan fingerprint density at radius 3 is 2.38 bits per heavy atom. The van der Waals surface area contributed by atoms with Gasteiger partial charge in [0.25, 0.3) is 0 Å². The van der Waals surface area contributed by atoms with E-state index in [-0.39, 0.29) is 11.3 Å². The minimum absolute atomic E-state index is 0.0306. The molecule has 0 radical (unpaired) electrons. The summed E-state index contributed by atoms with van der Waals surface area (Å²) in [6, 6.07) is 0. The van der Waals surface area contributed by atoms with Crippen molar-refractivity contribution < 1.29 is 4.79 Å². The fourth-order valence-electron chi connectivity index (χ4n) is 2.24. The van der Waals surface area contributed by atoms with Gasteiger partial charge in [0.15, 0.2) is 0 Å². The van der Waals surface area contributed by atoms with E-state index < -0.39 is 0 Å². The molecule has 1 rings (SSSR count). The number of carbonyl (C=O) groups is 1. The zero-order valence-electron chi connectivity index (χ0n) is 8.81. The van der Waals surface area contributed by atoms with E-state index in [1.165, 1.54) is 19.3 Å². The summed E-state index contributed by atoms with van der Waals surface area (Å²) in [5.41, 5.74) is -0.0497. The van der Waals surface area contributed by atoms with Gasteiger partial charge in [0.2, 0.25) is 0 Å². The van der Waals surface area contributed by atoms with E-state index in [1.54, 1.807) is 6.08 Å². The van der Waals surface area contributed by atoms with E-state index in [0.29, 0.717) is 5.78 Å². The number of allylic oxidation sites excluding steroid dienone is 1. The molecular weight excluding hydrogens is 160 g/mol. The third kappa shape index (κ3) is 2.20. The molecule has 1 atom stereocenters. The molecule has 0 amide bonds. The monoisotopic (exact) mass is 180 g/mol. The molecular formula is C12H20O. The molecule has 1 aliphatic carbocycles. The third-order valence-corrected chi connectivity index (χ3v) is 3.32. The maximum absolute atomic E-state index is 12.0. The lowest BCUT2D eigenvalue weighted by Crippen LogP contribution is -2.33. The minimum atomic E-state index is -0.0497. The second-order valence-corrected chi connectivity index (χ2v) is 4.51. The zero-order chi connectivity index (χ0) is 9.90. The van der Waals surface area contributed by atoms with Crippen LogP contribution in [0.1, 0.15) is 46.0 Å². The summed E-state index contributed by atoms with van der Waals surface area (Å²) in [4.78, 5) is 12.0. The first-order chi connectivity index (χ1) is 6.10. The number of hydrogen-bond acceptors (Lipinski definition) is 1. The second-order valence-electron chi connectivity index (χ2n) is 4.51. The average Bonchev–Trinajstić information content (AvgIpc) is 2.16. The fraction of sp³-hybridized carbons (Fsp3) is 0.750. The molecule has 0 heterocycles. The van der Waals surface area contributed by atoms with Gasteiger partial charge < -0.3 is 0 Å². The van der Waals surface area contributed by atoms with Crippen LogP contribution in [0.4, 0.5) is 0 Å². The van der Waals surface area contributed by atoms with Gasteiger partial charge in [0, 0.05) is 11.3 Å². The maximum Gasteiger partial charge on any atom is 0.145 e. The van der Waals surface area contributed by atoms with Crippen LogP contribution in [0, 0.1) is 11.3 Å². The summed E-state index contributed by atoms with van der Waals surface area (Å²) in [7, 11) is 0. The molecule has 0 aromatic rings. The molecule has 0 N–H and O–H groups in total. The summed E-state index contributed by atoms with van der Waals surface area (Å²) in [5.74, 6) is 0.422. The van der Waals surface area contributed by atoms with Crippen LogP contribution in [0.5, 0.6) is 0 Å². The van der Waals surface area contributed by atoms with Crippen LogP contribution < -0.4 is 0 Å². The van der Waals surface area contributed by atoms with Crippen LogP contribution in [-0.4, -0.2) is 5.78 Å². The molecule has 0 aromatic carbocycles. The molecule has 0 aromatic heterocycles. The Labute approximate surface area is 81.2 Å². The highest BCUT2D eigenvalue weighted by molar-refractivity contribution is 5.87. The zero-order valence-corrected chi connectivity index (χ0v) is 8.81. The summed E-state index contributed by atoms with van der Waals surface area (Å²) in [6.45, 7) is 7.76. The van der Waals surface area contributed by atoms with Crippen molar-refractivity contribution in [2.45, 2.75) is 46.0 Å². The average molecular weight is 180 g/mol. The highest BCUT2D eigenvalue weighted by Crippen LogP contribution is 2.38. The third-order valence-electron chi connectivity index (χ3n) is 3.32. The summed E-state index contributed by atoms with van der Waals surface area (Å²) in [6.07, 6.45) is 7.64. The molecule has 13 heavy (non-hydrogen) atoms. The lowest BCUT2D eigenvalue weighted by molar-refractivity contribution is -0.131. The van der Waals surface area contributed by atoms with Crippen molar-refractivity contribution in [2.24, 2.45) is 11.3 Å². The summed E-state index contributed by atoms with van der Waals surface area (Å²) in [5, 5.41) is 0. The summed E-state index contributed by atoms with van der Waals surface area (Å²) < 4.78 is 0. The van der Waals surface area contributed by atoms with Crippen LogP contribution in [0.3, 0.4) is 0 Å². The Bertz CT molecular complexity index is 199. The molecule has 1 unspecified atom stereocenters. The first kappa shape index (κ1) is 10.5. The fourth-order valence-corrected chi connectivity index (χ4v) is 2.24.